The lowest BCUT2D eigenvalue weighted by atomic mass is 9.77. The van der Waals surface area contributed by atoms with Crippen molar-refractivity contribution in [1.29, 1.82) is 0 Å². The highest BCUT2D eigenvalue weighted by molar-refractivity contribution is 7.09. The van der Waals surface area contributed by atoms with Crippen molar-refractivity contribution >= 4 is 39.7 Å². The summed E-state index contributed by atoms with van der Waals surface area (Å²) in [7, 11) is 0. The van der Waals surface area contributed by atoms with Crippen molar-refractivity contribution in [2.45, 2.75) is 38.3 Å². The van der Waals surface area contributed by atoms with Gasteiger partial charge in [-0.25, -0.2) is 4.98 Å². The van der Waals surface area contributed by atoms with E-state index in [1.165, 1.54) is 4.88 Å². The van der Waals surface area contributed by atoms with Crippen LogP contribution in [0.15, 0.2) is 28.0 Å². The van der Waals surface area contributed by atoms with Crippen molar-refractivity contribution in [3.05, 3.63) is 44.9 Å². The van der Waals surface area contributed by atoms with E-state index >= 15 is 0 Å². The molecule has 0 bridgehead atoms. The zero-order chi connectivity index (χ0) is 17.4. The number of rotatable bonds is 4. The second-order valence-electron chi connectivity index (χ2n) is 6.17. The molecular formula is C19H18ClN3OS. The highest BCUT2D eigenvalue weighted by Gasteiger charge is 2.35. The van der Waals surface area contributed by atoms with Crippen molar-refractivity contribution in [1.82, 2.24) is 4.98 Å². The van der Waals surface area contributed by atoms with Crippen molar-refractivity contribution in [3.63, 3.8) is 0 Å². The van der Waals surface area contributed by atoms with Crippen LogP contribution in [0.25, 0.3) is 11.1 Å². The molecule has 0 spiro atoms. The third-order valence-electron chi connectivity index (χ3n) is 4.58. The van der Waals surface area contributed by atoms with Crippen molar-refractivity contribution < 1.29 is 4.42 Å². The largest absolute Gasteiger partial charge is 0.455 e. The molecule has 2 atom stereocenters. The summed E-state index contributed by atoms with van der Waals surface area (Å²) >= 11 is 7.96. The van der Waals surface area contributed by atoms with Crippen LogP contribution in [0.2, 0.25) is 5.15 Å². The normalized spacial score (nSPS) is 19.3. The summed E-state index contributed by atoms with van der Waals surface area (Å²) in [4.78, 5) is 5.72. The zero-order valence-corrected chi connectivity index (χ0v) is 15.4. The van der Waals surface area contributed by atoms with Gasteiger partial charge in [0, 0.05) is 29.4 Å². The molecule has 0 saturated heterocycles. The Morgan fingerprint density at radius 1 is 1.48 bits per heavy atom. The summed E-state index contributed by atoms with van der Waals surface area (Å²) in [6.07, 6.45) is 2.03. The molecule has 0 aromatic carbocycles. The second kappa shape index (κ2) is 6.72. The topological polar surface area (TPSA) is 64.1 Å². The molecular weight excluding hydrogens is 354 g/mol. The van der Waals surface area contributed by atoms with Crippen LogP contribution in [0.3, 0.4) is 0 Å². The van der Waals surface area contributed by atoms with Crippen LogP contribution >= 0.6 is 22.9 Å². The summed E-state index contributed by atoms with van der Waals surface area (Å²) in [6.45, 7) is 2.52. The first kappa shape index (κ1) is 16.5. The van der Waals surface area contributed by atoms with E-state index in [1.807, 2.05) is 13.0 Å². The lowest BCUT2D eigenvalue weighted by molar-refractivity contribution is 0.302. The molecule has 25 heavy (non-hydrogen) atoms. The first-order chi connectivity index (χ1) is 12.2. The fourth-order valence-electron chi connectivity index (χ4n) is 3.14. The molecule has 1 saturated carbocycles. The molecule has 0 radical (unpaired) electrons. The van der Waals surface area contributed by atoms with Crippen molar-refractivity contribution in [3.8, 4) is 11.8 Å². The second-order valence-corrected chi connectivity index (χ2v) is 7.59. The smallest absolute Gasteiger partial charge is 0.177 e. The summed E-state index contributed by atoms with van der Waals surface area (Å²) in [6, 6.07) is 6.05. The number of nitrogens with one attached hydrogen (secondary N) is 1. The minimum absolute atomic E-state index is 0.121. The maximum Gasteiger partial charge on any atom is 0.177 e. The molecule has 4 nitrogen and oxygen atoms in total. The number of fused-ring (bicyclic) bond motifs is 1. The number of halogens is 1. The van der Waals surface area contributed by atoms with Gasteiger partial charge in [-0.2, -0.15) is 0 Å². The van der Waals surface area contributed by atoms with E-state index in [4.69, 9.17) is 21.8 Å². The molecule has 1 aliphatic rings. The molecule has 3 N–H and O–H groups in total. The Labute approximate surface area is 155 Å². The fourth-order valence-corrected chi connectivity index (χ4v) is 3.98. The van der Waals surface area contributed by atoms with Gasteiger partial charge in [0.1, 0.15) is 16.4 Å². The first-order valence-electron chi connectivity index (χ1n) is 8.25. The van der Waals surface area contributed by atoms with Crippen LogP contribution in [-0.2, 0) is 6.54 Å². The zero-order valence-electron chi connectivity index (χ0n) is 13.8. The molecule has 3 aromatic rings. The molecule has 4 rings (SSSR count). The van der Waals surface area contributed by atoms with Gasteiger partial charge in [-0.3, -0.25) is 0 Å². The van der Waals surface area contributed by atoms with E-state index in [2.05, 4.69) is 33.6 Å². The van der Waals surface area contributed by atoms with Gasteiger partial charge in [0.05, 0.1) is 11.3 Å². The summed E-state index contributed by atoms with van der Waals surface area (Å²) in [5.41, 5.74) is 9.23. The van der Waals surface area contributed by atoms with E-state index in [0.29, 0.717) is 22.8 Å². The van der Waals surface area contributed by atoms with Gasteiger partial charge in [-0.1, -0.05) is 23.6 Å². The molecule has 3 aromatic heterocycles. The average Bonchev–Trinajstić information content (AvgIpc) is 3.21. The third-order valence-corrected chi connectivity index (χ3v) is 5.65. The quantitative estimate of drug-likeness (QED) is 0.514. The van der Waals surface area contributed by atoms with Gasteiger partial charge in [-0.15, -0.1) is 17.3 Å². The Hall–Kier alpha value is -2.00. The Balaban J connectivity index is 1.80. The molecule has 3 heterocycles. The molecule has 128 valence electrons. The lowest BCUT2D eigenvalue weighted by Crippen LogP contribution is -2.37. The number of thiophene rings is 1. The van der Waals surface area contributed by atoms with Crippen LogP contribution in [0.1, 0.15) is 41.9 Å². The first-order valence-corrected chi connectivity index (χ1v) is 9.50. The van der Waals surface area contributed by atoms with Crippen LogP contribution in [0.4, 0.5) is 5.69 Å². The maximum absolute atomic E-state index is 6.26. The fraction of sp³-hybridized carbons (Fsp3) is 0.316. The predicted octanol–water partition coefficient (Wildman–Crippen LogP) is 4.73. The third kappa shape index (κ3) is 3.02. The van der Waals surface area contributed by atoms with Gasteiger partial charge >= 0.3 is 0 Å². The SMILES string of the molecule is CC#Cc1c(C2CCC2N)oc2c(NCc3cccs3)cc(Cl)nc12. The van der Waals surface area contributed by atoms with Crippen molar-refractivity contribution in [2.24, 2.45) is 5.73 Å². The van der Waals surface area contributed by atoms with Crippen LogP contribution in [0.5, 0.6) is 0 Å². The molecule has 1 aliphatic carbocycles. The van der Waals surface area contributed by atoms with Gasteiger partial charge in [0.2, 0.25) is 0 Å². The van der Waals surface area contributed by atoms with Crippen molar-refractivity contribution in [2.75, 3.05) is 5.32 Å². The number of hydrogen-bond donors (Lipinski definition) is 2. The number of hydrogen-bond acceptors (Lipinski definition) is 5. The minimum atomic E-state index is 0.121. The van der Waals surface area contributed by atoms with E-state index in [0.717, 1.165) is 29.9 Å². The Kier molecular flexibility index (Phi) is 4.43. The Morgan fingerprint density at radius 2 is 2.36 bits per heavy atom. The number of nitrogens with two attached hydrogens (primary N) is 1. The lowest BCUT2D eigenvalue weighted by Gasteiger charge is -2.31. The molecule has 0 aliphatic heterocycles. The predicted molar refractivity (Wildman–Crippen MR) is 103 cm³/mol. The van der Waals surface area contributed by atoms with E-state index in [9.17, 15) is 0 Å². The highest BCUT2D eigenvalue weighted by Crippen LogP contribution is 2.42. The molecule has 2 unspecified atom stereocenters. The van der Waals surface area contributed by atoms with E-state index in [1.54, 1.807) is 17.4 Å². The summed E-state index contributed by atoms with van der Waals surface area (Å²) in [5.74, 6) is 7.16. The molecule has 1 fully saturated rings. The number of anilines is 1. The Morgan fingerprint density at radius 3 is 3.00 bits per heavy atom. The van der Waals surface area contributed by atoms with E-state index < -0.39 is 0 Å². The Bertz CT molecular complexity index is 968. The van der Waals surface area contributed by atoms with Gasteiger partial charge in [0.15, 0.2) is 5.58 Å². The number of furan rings is 1. The van der Waals surface area contributed by atoms with Gasteiger partial charge < -0.3 is 15.5 Å². The monoisotopic (exact) mass is 371 g/mol. The average molecular weight is 372 g/mol. The van der Waals surface area contributed by atoms with Crippen LogP contribution in [0, 0.1) is 11.8 Å². The maximum atomic E-state index is 6.26. The van der Waals surface area contributed by atoms with Gasteiger partial charge in [-0.05, 0) is 31.2 Å². The highest BCUT2D eigenvalue weighted by atomic mass is 35.5. The van der Waals surface area contributed by atoms with Crippen LogP contribution < -0.4 is 11.1 Å². The molecule has 0 amide bonds. The summed E-state index contributed by atoms with van der Waals surface area (Å²) in [5, 5.41) is 5.89. The number of nitrogens with zero attached hydrogens (tertiary/aromatic N) is 1. The standard InChI is InChI=1S/C19H18ClN3OS/c1-2-4-13-17-19(24-18(13)12-6-7-14(12)21)15(9-16(20)23-17)22-10-11-5-3-8-25-11/h3,5,8-9,12,14H,6-7,10,21H2,1H3,(H,22,23). The van der Waals surface area contributed by atoms with E-state index in [-0.39, 0.29) is 12.0 Å². The van der Waals surface area contributed by atoms with Gasteiger partial charge in [0.25, 0.3) is 0 Å². The number of pyridine rings is 1. The molecule has 6 heteroatoms. The summed E-state index contributed by atoms with van der Waals surface area (Å²) < 4.78 is 6.22. The van der Waals surface area contributed by atoms with Crippen LogP contribution in [-0.4, -0.2) is 11.0 Å². The number of aromatic nitrogens is 1. The minimum Gasteiger partial charge on any atom is -0.455 e.